The summed E-state index contributed by atoms with van der Waals surface area (Å²) in [5, 5.41) is 23.1. The highest BCUT2D eigenvalue weighted by molar-refractivity contribution is 5.76. The van der Waals surface area contributed by atoms with Crippen LogP contribution in [0.15, 0.2) is 36.5 Å². The number of unbranched alkanes of at least 4 members (excludes halogenated alkanes) is 37. The Morgan fingerprint density at radius 1 is 0.438 bits per heavy atom. The minimum absolute atomic E-state index is 0.0231. The number of carbonyl (C=O) groups is 2. The Morgan fingerprint density at radius 2 is 0.781 bits per heavy atom. The van der Waals surface area contributed by atoms with E-state index in [2.05, 4.69) is 43.5 Å². The molecule has 0 heterocycles. The summed E-state index contributed by atoms with van der Waals surface area (Å²) < 4.78 is 5.47. The van der Waals surface area contributed by atoms with E-state index in [0.717, 1.165) is 64.2 Å². The number of hydrogen-bond donors (Lipinski definition) is 3. The van der Waals surface area contributed by atoms with Crippen molar-refractivity contribution >= 4 is 11.9 Å². The van der Waals surface area contributed by atoms with Crippen LogP contribution in [0.1, 0.15) is 296 Å². The third-order valence-corrected chi connectivity index (χ3v) is 12.9. The van der Waals surface area contributed by atoms with Gasteiger partial charge >= 0.3 is 5.97 Å². The van der Waals surface area contributed by atoms with Crippen LogP contribution in [0.4, 0.5) is 0 Å². The molecule has 0 bridgehead atoms. The van der Waals surface area contributed by atoms with Crippen LogP contribution >= 0.6 is 0 Å². The van der Waals surface area contributed by atoms with Gasteiger partial charge in [-0.25, -0.2) is 0 Å². The number of aliphatic hydroxyl groups is 2. The first-order chi connectivity index (χ1) is 31.5. The van der Waals surface area contributed by atoms with Crippen molar-refractivity contribution in [2.24, 2.45) is 0 Å². The smallest absolute Gasteiger partial charge is 0.305 e. The van der Waals surface area contributed by atoms with Crippen LogP contribution in [0.3, 0.4) is 0 Å². The molecule has 0 radical (unpaired) electrons. The quantitative estimate of drug-likeness (QED) is 0.0321. The number of hydrogen-bond acceptors (Lipinski definition) is 5. The number of allylic oxidation sites excluding steroid dienone is 5. The molecular formula is C58H109NO5. The van der Waals surface area contributed by atoms with Gasteiger partial charge in [0.1, 0.15) is 0 Å². The fourth-order valence-electron chi connectivity index (χ4n) is 8.55. The number of nitrogens with one attached hydrogen (secondary N) is 1. The fraction of sp³-hybridized carbons (Fsp3) is 0.862. The van der Waals surface area contributed by atoms with Crippen molar-refractivity contribution in [3.8, 4) is 0 Å². The fourth-order valence-corrected chi connectivity index (χ4v) is 8.55. The van der Waals surface area contributed by atoms with E-state index in [9.17, 15) is 19.8 Å². The number of esters is 1. The van der Waals surface area contributed by atoms with E-state index in [1.807, 2.05) is 6.08 Å². The van der Waals surface area contributed by atoms with E-state index < -0.39 is 12.1 Å². The molecule has 0 spiro atoms. The predicted octanol–water partition coefficient (Wildman–Crippen LogP) is 17.2. The van der Waals surface area contributed by atoms with Crippen molar-refractivity contribution in [3.05, 3.63) is 36.5 Å². The van der Waals surface area contributed by atoms with E-state index in [4.69, 9.17) is 4.74 Å². The lowest BCUT2D eigenvalue weighted by Crippen LogP contribution is -2.45. The lowest BCUT2D eigenvalue weighted by molar-refractivity contribution is -0.143. The first-order valence-corrected chi connectivity index (χ1v) is 28.3. The van der Waals surface area contributed by atoms with Crippen LogP contribution in [-0.4, -0.2) is 47.4 Å². The van der Waals surface area contributed by atoms with E-state index in [-0.39, 0.29) is 18.5 Å². The standard InChI is InChI=1S/C58H109NO5/c1-3-5-7-9-11-13-15-17-19-21-22-24-25-27-30-34-38-42-46-50-56(61)55(54-60)59-57(62)51-47-43-39-35-31-29-33-37-41-45-49-53-64-58(63)52-48-44-40-36-32-28-26-23-20-18-16-14-12-10-8-6-4-2/h12,14,18,20,46,50,55-56,60-61H,3-11,13,15-17,19,21-45,47-49,51-54H2,1-2H3,(H,59,62)/b14-12-,20-18-,50-46+. The Bertz CT molecular complexity index is 1040. The maximum atomic E-state index is 12.5. The Kier molecular flexibility index (Phi) is 52.1. The van der Waals surface area contributed by atoms with Crippen molar-refractivity contribution < 1.29 is 24.5 Å². The van der Waals surface area contributed by atoms with Gasteiger partial charge < -0.3 is 20.3 Å². The van der Waals surface area contributed by atoms with Gasteiger partial charge in [0.05, 0.1) is 25.4 Å². The molecule has 0 fully saturated rings. The molecule has 376 valence electrons. The van der Waals surface area contributed by atoms with Crippen molar-refractivity contribution in [3.63, 3.8) is 0 Å². The number of carbonyl (C=O) groups excluding carboxylic acids is 2. The van der Waals surface area contributed by atoms with Crippen molar-refractivity contribution in [2.75, 3.05) is 13.2 Å². The summed E-state index contributed by atoms with van der Waals surface area (Å²) in [5.74, 6) is -0.109. The normalized spacial score (nSPS) is 12.9. The number of amides is 1. The van der Waals surface area contributed by atoms with Crippen LogP contribution in [0, 0.1) is 0 Å². The summed E-state index contributed by atoms with van der Waals surface area (Å²) in [6, 6.07) is -0.643. The molecule has 0 aliphatic rings. The lowest BCUT2D eigenvalue weighted by atomic mass is 10.0. The zero-order chi connectivity index (χ0) is 46.5. The highest BCUT2D eigenvalue weighted by atomic mass is 16.5. The highest BCUT2D eigenvalue weighted by Crippen LogP contribution is 2.16. The van der Waals surface area contributed by atoms with Gasteiger partial charge in [-0.2, -0.15) is 0 Å². The molecule has 0 rings (SSSR count). The first-order valence-electron chi connectivity index (χ1n) is 28.3. The van der Waals surface area contributed by atoms with Gasteiger partial charge in [0.15, 0.2) is 0 Å². The van der Waals surface area contributed by atoms with E-state index in [1.165, 1.54) is 205 Å². The molecule has 0 saturated heterocycles. The largest absolute Gasteiger partial charge is 0.466 e. The van der Waals surface area contributed by atoms with E-state index in [1.54, 1.807) is 6.08 Å². The number of aliphatic hydroxyl groups excluding tert-OH is 2. The van der Waals surface area contributed by atoms with Crippen LogP contribution in [0.5, 0.6) is 0 Å². The molecule has 0 aromatic carbocycles. The minimum atomic E-state index is -0.858. The van der Waals surface area contributed by atoms with E-state index in [0.29, 0.717) is 19.4 Å². The molecule has 0 saturated carbocycles. The number of rotatable bonds is 52. The van der Waals surface area contributed by atoms with Gasteiger partial charge in [0, 0.05) is 12.8 Å². The molecule has 2 unspecified atom stereocenters. The molecular weight excluding hydrogens is 791 g/mol. The molecule has 6 nitrogen and oxygen atoms in total. The Labute approximate surface area is 398 Å². The van der Waals surface area contributed by atoms with Gasteiger partial charge in [-0.3, -0.25) is 9.59 Å². The average Bonchev–Trinajstić information content (AvgIpc) is 3.29. The average molecular weight is 901 g/mol. The topological polar surface area (TPSA) is 95.9 Å². The molecule has 1 amide bonds. The third-order valence-electron chi connectivity index (χ3n) is 12.9. The Hall–Kier alpha value is -1.92. The zero-order valence-corrected chi connectivity index (χ0v) is 42.8. The first kappa shape index (κ1) is 62.1. The van der Waals surface area contributed by atoms with Gasteiger partial charge in [0.2, 0.25) is 5.91 Å². The van der Waals surface area contributed by atoms with Crippen LogP contribution in [0.25, 0.3) is 0 Å². The molecule has 2 atom stereocenters. The third kappa shape index (κ3) is 49.5. The summed E-state index contributed by atoms with van der Waals surface area (Å²) in [4.78, 5) is 24.5. The lowest BCUT2D eigenvalue weighted by Gasteiger charge is -2.20. The van der Waals surface area contributed by atoms with Gasteiger partial charge in [0.25, 0.3) is 0 Å². The van der Waals surface area contributed by atoms with Crippen LogP contribution in [0.2, 0.25) is 0 Å². The summed E-state index contributed by atoms with van der Waals surface area (Å²) in [6.07, 6.45) is 65.8. The molecule has 0 aromatic rings. The van der Waals surface area contributed by atoms with E-state index >= 15 is 0 Å². The SMILES string of the molecule is CCCCC/C=C\C/C=C\CCCCCCCCCC(=O)OCCCCCCCCCCCCCC(=O)NC(CO)C(O)/C=C/CCCCCCCCCCCCCCCCCCC. The van der Waals surface area contributed by atoms with Crippen LogP contribution in [-0.2, 0) is 14.3 Å². The highest BCUT2D eigenvalue weighted by Gasteiger charge is 2.18. The van der Waals surface area contributed by atoms with Crippen LogP contribution < -0.4 is 5.32 Å². The summed E-state index contributed by atoms with van der Waals surface area (Å²) in [5.41, 5.74) is 0. The maximum Gasteiger partial charge on any atom is 0.305 e. The van der Waals surface area contributed by atoms with Gasteiger partial charge in [-0.1, -0.05) is 256 Å². The second-order valence-corrected chi connectivity index (χ2v) is 19.3. The Balaban J connectivity index is 3.50. The van der Waals surface area contributed by atoms with Crippen molar-refractivity contribution in [2.45, 2.75) is 309 Å². The van der Waals surface area contributed by atoms with Gasteiger partial charge in [-0.15, -0.1) is 0 Å². The van der Waals surface area contributed by atoms with Crippen molar-refractivity contribution in [1.29, 1.82) is 0 Å². The molecule has 64 heavy (non-hydrogen) atoms. The molecule has 3 N–H and O–H groups in total. The zero-order valence-electron chi connectivity index (χ0n) is 42.8. The molecule has 0 aliphatic carbocycles. The predicted molar refractivity (Wildman–Crippen MR) is 278 cm³/mol. The summed E-state index contributed by atoms with van der Waals surface area (Å²) in [7, 11) is 0. The second kappa shape index (κ2) is 53.7. The molecule has 0 aromatic heterocycles. The monoisotopic (exact) mass is 900 g/mol. The summed E-state index contributed by atoms with van der Waals surface area (Å²) >= 11 is 0. The van der Waals surface area contributed by atoms with Crippen molar-refractivity contribution in [1.82, 2.24) is 5.32 Å². The maximum absolute atomic E-state index is 12.5. The van der Waals surface area contributed by atoms with Gasteiger partial charge in [-0.05, 0) is 64.2 Å². The number of ether oxygens (including phenoxy) is 1. The molecule has 0 aliphatic heterocycles. The summed E-state index contributed by atoms with van der Waals surface area (Å²) in [6.45, 7) is 4.84. The Morgan fingerprint density at radius 3 is 1.22 bits per heavy atom. The second-order valence-electron chi connectivity index (χ2n) is 19.3. The minimum Gasteiger partial charge on any atom is -0.466 e. The molecule has 6 heteroatoms.